The summed E-state index contributed by atoms with van der Waals surface area (Å²) < 4.78 is 10.3. The fraction of sp³-hybridized carbons (Fsp3) is 0.261. The molecule has 2 aromatic carbocycles. The molecule has 4 rings (SSSR count). The van der Waals surface area contributed by atoms with Crippen LogP contribution >= 0.6 is 11.6 Å². The lowest BCUT2D eigenvalue weighted by molar-refractivity contribution is -0.148. The summed E-state index contributed by atoms with van der Waals surface area (Å²) in [6.45, 7) is 1.55. The van der Waals surface area contributed by atoms with Crippen LogP contribution in [0.4, 0.5) is 0 Å². The quantitative estimate of drug-likeness (QED) is 0.458. The summed E-state index contributed by atoms with van der Waals surface area (Å²) in [4.78, 5) is 41.4. The Hall–Kier alpha value is -3.16. The number of para-hydroxylation sites is 1. The number of methoxy groups -OCH3 is 1. The van der Waals surface area contributed by atoms with E-state index in [9.17, 15) is 14.4 Å². The average Bonchev–Trinajstić information content (AvgIpc) is 2.80. The molecule has 0 spiro atoms. The number of piperazine rings is 1. The standard InChI is InChI=1S/C23H21ClN2O5/c1-30-23(29)20(16-7-3-4-8-18(16)24)25-10-12-26(13-11-25)21(27)17-14-15-6-2-5-9-19(15)31-22(17)28/h2-9,14,20H,10-13H2,1H3. The molecule has 0 saturated carbocycles. The van der Waals surface area contributed by atoms with Crippen molar-refractivity contribution >= 4 is 34.4 Å². The summed E-state index contributed by atoms with van der Waals surface area (Å²) >= 11 is 6.32. The Morgan fingerprint density at radius 1 is 1.03 bits per heavy atom. The van der Waals surface area contributed by atoms with Crippen LogP contribution in [0.1, 0.15) is 22.0 Å². The Morgan fingerprint density at radius 3 is 2.42 bits per heavy atom. The molecule has 160 valence electrons. The lowest BCUT2D eigenvalue weighted by Gasteiger charge is -2.38. The van der Waals surface area contributed by atoms with Gasteiger partial charge < -0.3 is 14.1 Å². The third-order valence-corrected chi connectivity index (χ3v) is 5.81. The number of fused-ring (bicyclic) bond motifs is 1. The van der Waals surface area contributed by atoms with Crippen LogP contribution in [-0.4, -0.2) is 55.0 Å². The number of hydrogen-bond acceptors (Lipinski definition) is 6. The summed E-state index contributed by atoms with van der Waals surface area (Å²) in [5, 5.41) is 1.17. The van der Waals surface area contributed by atoms with Gasteiger partial charge >= 0.3 is 11.6 Å². The number of benzene rings is 2. The first-order valence-corrected chi connectivity index (χ1v) is 10.3. The van der Waals surface area contributed by atoms with Crippen molar-refractivity contribution in [3.63, 3.8) is 0 Å². The number of esters is 1. The van der Waals surface area contributed by atoms with Crippen molar-refractivity contribution in [2.45, 2.75) is 6.04 Å². The van der Waals surface area contributed by atoms with Gasteiger partial charge in [-0.3, -0.25) is 9.69 Å². The van der Waals surface area contributed by atoms with Crippen molar-refractivity contribution in [2.24, 2.45) is 0 Å². The maximum absolute atomic E-state index is 13.0. The molecule has 0 N–H and O–H groups in total. The van der Waals surface area contributed by atoms with E-state index in [0.717, 1.165) is 0 Å². The second kappa shape index (κ2) is 8.91. The number of rotatable bonds is 4. The molecule has 3 aromatic rings. The Balaban J connectivity index is 1.53. The van der Waals surface area contributed by atoms with E-state index in [1.54, 1.807) is 47.4 Å². The minimum absolute atomic E-state index is 0.00257. The van der Waals surface area contributed by atoms with Crippen LogP contribution in [0, 0.1) is 0 Å². The molecule has 0 bridgehead atoms. The van der Waals surface area contributed by atoms with Crippen molar-refractivity contribution in [3.05, 3.63) is 81.2 Å². The molecule has 1 unspecified atom stereocenters. The van der Waals surface area contributed by atoms with Gasteiger partial charge in [0, 0.05) is 36.6 Å². The fourth-order valence-electron chi connectivity index (χ4n) is 3.85. The van der Waals surface area contributed by atoms with Gasteiger partial charge in [-0.2, -0.15) is 0 Å². The van der Waals surface area contributed by atoms with Gasteiger partial charge in [0.15, 0.2) is 0 Å². The molecule has 1 aromatic heterocycles. The van der Waals surface area contributed by atoms with Crippen molar-refractivity contribution in [1.29, 1.82) is 0 Å². The summed E-state index contributed by atoms with van der Waals surface area (Å²) in [6, 6.07) is 15.1. The predicted molar refractivity (Wildman–Crippen MR) is 116 cm³/mol. The van der Waals surface area contributed by atoms with E-state index in [1.807, 2.05) is 17.0 Å². The monoisotopic (exact) mass is 440 g/mol. The number of hydrogen-bond donors (Lipinski definition) is 0. The fourth-order valence-corrected chi connectivity index (χ4v) is 4.08. The summed E-state index contributed by atoms with van der Waals surface area (Å²) in [5.74, 6) is -0.797. The van der Waals surface area contributed by atoms with Crippen LogP contribution in [0.25, 0.3) is 11.0 Å². The second-order valence-corrected chi connectivity index (χ2v) is 7.67. The van der Waals surface area contributed by atoms with Gasteiger partial charge in [-0.25, -0.2) is 9.59 Å². The molecule has 0 aliphatic carbocycles. The summed E-state index contributed by atoms with van der Waals surface area (Å²) in [7, 11) is 1.34. The highest BCUT2D eigenvalue weighted by Gasteiger charge is 2.34. The number of halogens is 1. The molecule has 1 aliphatic heterocycles. The van der Waals surface area contributed by atoms with E-state index >= 15 is 0 Å². The maximum atomic E-state index is 13.0. The van der Waals surface area contributed by atoms with Crippen LogP contribution < -0.4 is 5.63 Å². The van der Waals surface area contributed by atoms with Crippen molar-refractivity contribution in [1.82, 2.24) is 9.80 Å². The largest absolute Gasteiger partial charge is 0.468 e. The zero-order chi connectivity index (χ0) is 22.0. The molecule has 1 atom stereocenters. The predicted octanol–water partition coefficient (Wildman–Crippen LogP) is 3.12. The Bertz CT molecular complexity index is 1180. The first-order chi connectivity index (χ1) is 15.0. The zero-order valence-electron chi connectivity index (χ0n) is 16.9. The zero-order valence-corrected chi connectivity index (χ0v) is 17.7. The minimum atomic E-state index is -0.665. The molecule has 1 aliphatic rings. The van der Waals surface area contributed by atoms with E-state index < -0.39 is 17.6 Å². The van der Waals surface area contributed by atoms with Gasteiger partial charge in [0.05, 0.1) is 7.11 Å². The minimum Gasteiger partial charge on any atom is -0.468 e. The molecule has 1 amide bonds. The van der Waals surface area contributed by atoms with E-state index in [4.69, 9.17) is 20.8 Å². The third-order valence-electron chi connectivity index (χ3n) is 5.46. The topological polar surface area (TPSA) is 80.1 Å². The molecular weight excluding hydrogens is 420 g/mol. The van der Waals surface area contributed by atoms with Crippen LogP contribution in [0.15, 0.2) is 63.8 Å². The lowest BCUT2D eigenvalue weighted by Crippen LogP contribution is -2.51. The molecule has 0 radical (unpaired) electrons. The van der Waals surface area contributed by atoms with Crippen molar-refractivity contribution < 1.29 is 18.7 Å². The summed E-state index contributed by atoms with van der Waals surface area (Å²) in [5.41, 5.74) is 0.443. The number of carbonyl (C=O) groups excluding carboxylic acids is 2. The number of nitrogens with zero attached hydrogens (tertiary/aromatic N) is 2. The van der Waals surface area contributed by atoms with Gasteiger partial charge in [0.25, 0.3) is 5.91 Å². The molecular formula is C23H21ClN2O5. The van der Waals surface area contributed by atoms with Crippen molar-refractivity contribution in [3.8, 4) is 0 Å². The first kappa shape index (κ1) is 21.1. The molecule has 2 heterocycles. The molecule has 1 saturated heterocycles. The number of ether oxygens (including phenoxy) is 1. The molecule has 7 nitrogen and oxygen atoms in total. The number of amides is 1. The van der Waals surface area contributed by atoms with Crippen molar-refractivity contribution in [2.75, 3.05) is 33.3 Å². The van der Waals surface area contributed by atoms with Gasteiger partial charge in [-0.05, 0) is 23.8 Å². The van der Waals surface area contributed by atoms with Crippen LogP contribution in [0.2, 0.25) is 5.02 Å². The van der Waals surface area contributed by atoms with Gasteiger partial charge in [0.2, 0.25) is 0 Å². The Labute approximate surface area is 183 Å². The molecule has 31 heavy (non-hydrogen) atoms. The summed E-state index contributed by atoms with van der Waals surface area (Å²) in [6.07, 6.45) is 0. The third kappa shape index (κ3) is 4.19. The van der Waals surface area contributed by atoms with Crippen LogP contribution in [0.5, 0.6) is 0 Å². The second-order valence-electron chi connectivity index (χ2n) is 7.26. The van der Waals surface area contributed by atoms with E-state index in [1.165, 1.54) is 7.11 Å². The average molecular weight is 441 g/mol. The highest BCUT2D eigenvalue weighted by atomic mass is 35.5. The molecule has 1 fully saturated rings. The Morgan fingerprint density at radius 2 is 1.71 bits per heavy atom. The lowest BCUT2D eigenvalue weighted by atomic mass is 10.0. The van der Waals surface area contributed by atoms with E-state index in [-0.39, 0.29) is 11.5 Å². The smallest absolute Gasteiger partial charge is 0.349 e. The van der Waals surface area contributed by atoms with Crippen LogP contribution in [0.3, 0.4) is 0 Å². The normalized spacial score (nSPS) is 15.6. The van der Waals surface area contributed by atoms with E-state index in [2.05, 4.69) is 0 Å². The molecule has 8 heteroatoms. The van der Waals surface area contributed by atoms with E-state index in [0.29, 0.717) is 47.7 Å². The Kier molecular flexibility index (Phi) is 6.06. The highest BCUT2D eigenvalue weighted by Crippen LogP contribution is 2.29. The highest BCUT2D eigenvalue weighted by molar-refractivity contribution is 6.31. The maximum Gasteiger partial charge on any atom is 0.349 e. The van der Waals surface area contributed by atoms with Gasteiger partial charge in [-0.1, -0.05) is 48.0 Å². The van der Waals surface area contributed by atoms with Crippen LogP contribution in [-0.2, 0) is 9.53 Å². The first-order valence-electron chi connectivity index (χ1n) is 9.88. The van der Waals surface area contributed by atoms with Gasteiger partial charge in [0.1, 0.15) is 17.2 Å². The SMILES string of the molecule is COC(=O)C(c1ccccc1Cl)N1CCN(C(=O)c2cc3ccccc3oc2=O)CC1. The van der Waals surface area contributed by atoms with Gasteiger partial charge in [-0.15, -0.1) is 0 Å². The number of carbonyl (C=O) groups is 2.